The predicted octanol–water partition coefficient (Wildman–Crippen LogP) is 0.343. The molecule has 4 atom stereocenters. The molecule has 14 heteroatoms. The third-order valence-electron chi connectivity index (χ3n) is 7.52. The molecule has 40 heavy (non-hydrogen) atoms. The molecular weight excluding hydrogens is 534 g/mol. The highest BCUT2D eigenvalue weighted by molar-refractivity contribution is 7.78. The number of nitrogens with zero attached hydrogens (tertiary/aromatic N) is 3. The van der Waals surface area contributed by atoms with Crippen LogP contribution in [0.4, 0.5) is 9.59 Å². The lowest BCUT2D eigenvalue weighted by Gasteiger charge is -2.32. The van der Waals surface area contributed by atoms with Crippen molar-refractivity contribution in [3.8, 4) is 0 Å². The molecule has 224 valence electrons. The van der Waals surface area contributed by atoms with Crippen molar-refractivity contribution in [3.05, 3.63) is 35.6 Å². The number of nitrogens with one attached hydrogen (secondary N) is 3. The van der Waals surface area contributed by atoms with Crippen LogP contribution in [0, 0.1) is 11.8 Å². The first kappa shape index (κ1) is 31.9. The molecule has 1 heterocycles. The second-order valence-electron chi connectivity index (χ2n) is 10.7. The molecule has 0 aromatic carbocycles. The number of ether oxygens (including phenoxy) is 1. The zero-order valence-corrected chi connectivity index (χ0v) is 24.2. The summed E-state index contributed by atoms with van der Waals surface area (Å²) in [6.07, 6.45) is 11.7. The third-order valence-corrected chi connectivity index (χ3v) is 7.80. The minimum absolute atomic E-state index is 0.160. The highest BCUT2D eigenvalue weighted by Gasteiger charge is 2.32. The van der Waals surface area contributed by atoms with E-state index in [1.54, 1.807) is 0 Å². The van der Waals surface area contributed by atoms with Gasteiger partial charge in [0.15, 0.2) is 0 Å². The summed E-state index contributed by atoms with van der Waals surface area (Å²) in [5, 5.41) is 7.84. The van der Waals surface area contributed by atoms with E-state index in [1.807, 2.05) is 18.2 Å². The zero-order chi connectivity index (χ0) is 29.1. The Bertz CT molecular complexity index is 970. The molecule has 1 saturated heterocycles. The van der Waals surface area contributed by atoms with Crippen molar-refractivity contribution in [2.24, 2.45) is 29.3 Å². The Labute approximate surface area is 242 Å². The van der Waals surface area contributed by atoms with Crippen LogP contribution in [0.5, 0.6) is 0 Å². The molecule has 0 aromatic heterocycles. The van der Waals surface area contributed by atoms with Crippen LogP contribution in [0.2, 0.25) is 0 Å². The van der Waals surface area contributed by atoms with Crippen molar-refractivity contribution < 1.29 is 19.1 Å². The molecule has 0 radical (unpaired) electrons. The summed E-state index contributed by atoms with van der Waals surface area (Å²) in [4.78, 5) is 39.9. The summed E-state index contributed by atoms with van der Waals surface area (Å²) in [5.74, 6) is 11.1. The van der Waals surface area contributed by atoms with Gasteiger partial charge < -0.3 is 21.1 Å². The van der Waals surface area contributed by atoms with Crippen LogP contribution in [0.1, 0.15) is 39.0 Å². The van der Waals surface area contributed by atoms with E-state index in [2.05, 4.69) is 46.1 Å². The summed E-state index contributed by atoms with van der Waals surface area (Å²) in [6, 6.07) is -1.69. The molecule has 9 N–H and O–H groups in total. The predicted molar refractivity (Wildman–Crippen MR) is 156 cm³/mol. The number of hydrogen-bond acceptors (Lipinski definition) is 9. The standard InChI is InChI=1S/C26H45N9O4S/c1-18-3-7-20(8-4-18)30-25(37)31-21-9-5-19(6-10-21)23(32-40)22(24(27)36)17-35(29)26(38)34(28)12-2-11-33-13-15-39-16-14-33/h5-7,9,18,21-23,32,40H,2-4,8,10-17,28-29H2,1H3,(H2,27,36)(H2,30,31,37). The van der Waals surface area contributed by atoms with Crippen LogP contribution in [-0.2, 0) is 9.53 Å². The van der Waals surface area contributed by atoms with Crippen LogP contribution in [0.15, 0.2) is 35.6 Å². The molecule has 1 aliphatic heterocycles. The molecule has 0 bridgehead atoms. The summed E-state index contributed by atoms with van der Waals surface area (Å²) in [6.45, 7) is 6.25. The molecule has 2 aliphatic carbocycles. The Morgan fingerprint density at radius 3 is 2.52 bits per heavy atom. The van der Waals surface area contributed by atoms with Gasteiger partial charge >= 0.3 is 12.1 Å². The zero-order valence-electron chi connectivity index (χ0n) is 23.3. The fraction of sp³-hybridized carbons (Fsp3) is 0.654. The number of allylic oxidation sites excluding steroid dienone is 2. The van der Waals surface area contributed by atoms with Crippen molar-refractivity contribution in [2.75, 3.05) is 45.9 Å². The second kappa shape index (κ2) is 16.0. The van der Waals surface area contributed by atoms with E-state index >= 15 is 0 Å². The van der Waals surface area contributed by atoms with E-state index in [0.717, 1.165) is 60.2 Å². The number of nitrogens with two attached hydrogens (primary N) is 3. The maximum absolute atomic E-state index is 12.8. The van der Waals surface area contributed by atoms with Gasteiger partial charge in [0.05, 0.1) is 37.8 Å². The Hall–Kier alpha value is -2.62. The number of hydrogen-bond donors (Lipinski definition) is 7. The number of carbonyl (C=O) groups is 3. The van der Waals surface area contributed by atoms with Gasteiger partial charge in [0.1, 0.15) is 0 Å². The Kier molecular flexibility index (Phi) is 12.7. The first-order chi connectivity index (χ1) is 19.2. The fourth-order valence-electron chi connectivity index (χ4n) is 5.00. The highest BCUT2D eigenvalue weighted by Crippen LogP contribution is 2.22. The van der Waals surface area contributed by atoms with Crippen LogP contribution in [-0.4, -0.2) is 90.9 Å². The fourth-order valence-corrected chi connectivity index (χ4v) is 5.33. The first-order valence-corrected chi connectivity index (χ1v) is 14.3. The quantitative estimate of drug-likeness (QED) is 0.0747. The second-order valence-corrected chi connectivity index (χ2v) is 10.9. The minimum atomic E-state index is -0.877. The summed E-state index contributed by atoms with van der Waals surface area (Å²) in [5.41, 5.74) is 7.40. The van der Waals surface area contributed by atoms with E-state index < -0.39 is 23.9 Å². The van der Waals surface area contributed by atoms with Gasteiger partial charge in [-0.25, -0.2) is 21.3 Å². The van der Waals surface area contributed by atoms with Gasteiger partial charge in [0.2, 0.25) is 5.91 Å². The van der Waals surface area contributed by atoms with Gasteiger partial charge in [0, 0.05) is 31.9 Å². The maximum Gasteiger partial charge on any atom is 0.348 e. The number of thiol groups is 1. The van der Waals surface area contributed by atoms with Crippen LogP contribution < -0.4 is 32.8 Å². The van der Waals surface area contributed by atoms with E-state index in [1.165, 1.54) is 0 Å². The molecule has 3 rings (SSSR count). The Balaban J connectivity index is 1.49. The van der Waals surface area contributed by atoms with Crippen LogP contribution in [0.25, 0.3) is 0 Å². The first-order valence-electron chi connectivity index (χ1n) is 13.9. The number of urea groups is 2. The average molecular weight is 580 g/mol. The Morgan fingerprint density at radius 2 is 1.93 bits per heavy atom. The number of amides is 5. The van der Waals surface area contributed by atoms with Gasteiger partial charge in [-0.15, -0.1) is 0 Å². The van der Waals surface area contributed by atoms with Crippen LogP contribution >= 0.6 is 12.8 Å². The van der Waals surface area contributed by atoms with Gasteiger partial charge in [-0.1, -0.05) is 44.0 Å². The average Bonchev–Trinajstić information content (AvgIpc) is 2.94. The SMILES string of the molecule is CC1CC=C(NC(=O)NC2C=CC(C(NS)C(CN(N)C(=O)N(N)CCCN3CCOCC3)C(N)=O)=CC2)CC1. The molecular formula is C26H45N9O4S. The lowest BCUT2D eigenvalue weighted by Crippen LogP contribution is -2.56. The molecule has 3 aliphatic rings. The monoisotopic (exact) mass is 579 g/mol. The molecule has 0 aromatic rings. The highest BCUT2D eigenvalue weighted by atomic mass is 32.1. The molecule has 4 unspecified atom stereocenters. The summed E-state index contributed by atoms with van der Waals surface area (Å²) >= 11 is 4.22. The van der Waals surface area contributed by atoms with E-state index in [-0.39, 0.29) is 18.6 Å². The topological polar surface area (TPSA) is 184 Å². The molecule has 0 saturated carbocycles. The molecule has 0 spiro atoms. The van der Waals surface area contributed by atoms with Gasteiger partial charge in [-0.2, -0.15) is 0 Å². The van der Waals surface area contributed by atoms with E-state index in [9.17, 15) is 14.4 Å². The van der Waals surface area contributed by atoms with E-state index in [0.29, 0.717) is 38.5 Å². The summed E-state index contributed by atoms with van der Waals surface area (Å²) in [7, 11) is 0. The maximum atomic E-state index is 12.8. The minimum Gasteiger partial charge on any atom is -0.379 e. The number of carbonyl (C=O) groups excluding carboxylic acids is 3. The summed E-state index contributed by atoms with van der Waals surface area (Å²) < 4.78 is 8.17. The van der Waals surface area contributed by atoms with Gasteiger partial charge in [0.25, 0.3) is 0 Å². The van der Waals surface area contributed by atoms with Crippen molar-refractivity contribution >= 4 is 30.8 Å². The number of morpholine rings is 1. The normalized spacial score (nSPS) is 22.9. The largest absolute Gasteiger partial charge is 0.379 e. The van der Waals surface area contributed by atoms with Crippen LogP contribution in [0.3, 0.4) is 0 Å². The van der Waals surface area contributed by atoms with Crippen molar-refractivity contribution in [2.45, 2.75) is 51.1 Å². The van der Waals surface area contributed by atoms with Crippen molar-refractivity contribution in [3.63, 3.8) is 0 Å². The van der Waals surface area contributed by atoms with E-state index in [4.69, 9.17) is 22.2 Å². The number of rotatable bonds is 12. The third kappa shape index (κ3) is 9.78. The lowest BCUT2D eigenvalue weighted by atomic mass is 9.88. The van der Waals surface area contributed by atoms with Gasteiger partial charge in [-0.05, 0) is 43.6 Å². The lowest BCUT2D eigenvalue weighted by molar-refractivity contribution is -0.122. The number of primary amides is 1. The van der Waals surface area contributed by atoms with Gasteiger partial charge in [-0.3, -0.25) is 24.4 Å². The smallest absolute Gasteiger partial charge is 0.348 e. The molecule has 5 amide bonds. The molecule has 1 fully saturated rings. The van der Waals surface area contributed by atoms with Crippen molar-refractivity contribution in [1.29, 1.82) is 0 Å². The molecule has 13 nitrogen and oxygen atoms in total. The van der Waals surface area contributed by atoms with Crippen molar-refractivity contribution in [1.82, 2.24) is 30.3 Å². The Morgan fingerprint density at radius 1 is 1.18 bits per heavy atom. The number of hydrazine groups is 2.